The predicted molar refractivity (Wildman–Crippen MR) is 73.2 cm³/mol. The van der Waals surface area contributed by atoms with E-state index in [1.807, 2.05) is 13.8 Å². The fraction of sp³-hybridized carbons (Fsp3) is 0.538. The molecule has 3 N–H and O–H groups in total. The number of primary amides is 1. The van der Waals surface area contributed by atoms with Gasteiger partial charge in [-0.2, -0.15) is 4.57 Å². The number of hydrogen-bond acceptors (Lipinski definition) is 5. The van der Waals surface area contributed by atoms with Crippen molar-refractivity contribution in [1.82, 2.24) is 0 Å². The van der Waals surface area contributed by atoms with Crippen LogP contribution in [0.4, 0.5) is 0 Å². The normalized spacial score (nSPS) is 30.9. The van der Waals surface area contributed by atoms with Crippen LogP contribution in [0.25, 0.3) is 0 Å². The molecule has 2 heterocycles. The molecule has 22 heavy (non-hydrogen) atoms. The van der Waals surface area contributed by atoms with Crippen LogP contribution in [0, 0.1) is 11.8 Å². The highest BCUT2D eigenvalue weighted by molar-refractivity contribution is 7.44. The second kappa shape index (κ2) is 6.44. The molecule has 2 rings (SSSR count). The van der Waals surface area contributed by atoms with Crippen molar-refractivity contribution in [3.05, 3.63) is 30.1 Å². The molecule has 0 radical (unpaired) electrons. The van der Waals surface area contributed by atoms with Gasteiger partial charge in [-0.25, -0.2) is 0 Å². The Bertz CT molecular complexity index is 604. The third-order valence-electron chi connectivity index (χ3n) is 3.98. The summed E-state index contributed by atoms with van der Waals surface area (Å²) in [7, 11) is -4.78. The molecular formula is C13H19N2O6P. The highest BCUT2D eigenvalue weighted by Crippen LogP contribution is 2.38. The number of rotatable bonds is 5. The van der Waals surface area contributed by atoms with E-state index in [1.54, 1.807) is 29.1 Å². The average molecular weight is 330 g/mol. The van der Waals surface area contributed by atoms with Gasteiger partial charge in [0, 0.05) is 6.07 Å². The number of ether oxygens (including phenoxy) is 1. The molecule has 0 spiro atoms. The van der Waals surface area contributed by atoms with Gasteiger partial charge in [-0.3, -0.25) is 9.36 Å². The predicted octanol–water partition coefficient (Wildman–Crippen LogP) is -0.280. The molecular weight excluding hydrogens is 311 g/mol. The number of hydrogen-bond donors (Lipinski definition) is 2. The van der Waals surface area contributed by atoms with Gasteiger partial charge in [0.15, 0.2) is 12.4 Å². The summed E-state index contributed by atoms with van der Waals surface area (Å²) in [4.78, 5) is 30.6. The van der Waals surface area contributed by atoms with Crippen molar-refractivity contribution in [2.75, 3.05) is 6.61 Å². The fourth-order valence-corrected chi connectivity index (χ4v) is 2.86. The SMILES string of the molecule is C[C@@H]1[C@H](C)[C@@H](COP(=O)([O-])O)O[C@H]1[n+]1cccc(C(N)=O)c1. The number of pyridine rings is 1. The van der Waals surface area contributed by atoms with Crippen molar-refractivity contribution in [3.8, 4) is 0 Å². The minimum absolute atomic E-state index is 0.00119. The van der Waals surface area contributed by atoms with Crippen molar-refractivity contribution in [3.63, 3.8) is 0 Å². The Morgan fingerprint density at radius 2 is 2.23 bits per heavy atom. The van der Waals surface area contributed by atoms with Crippen LogP contribution in [-0.2, 0) is 13.8 Å². The van der Waals surface area contributed by atoms with E-state index in [0.29, 0.717) is 5.56 Å². The van der Waals surface area contributed by atoms with Crippen molar-refractivity contribution in [1.29, 1.82) is 0 Å². The zero-order valence-corrected chi connectivity index (χ0v) is 13.2. The largest absolute Gasteiger partial charge is 0.756 e. The summed E-state index contributed by atoms with van der Waals surface area (Å²) in [6, 6.07) is 3.28. The van der Waals surface area contributed by atoms with Crippen molar-refractivity contribution < 1.29 is 33.0 Å². The Kier molecular flexibility index (Phi) is 4.99. The molecule has 0 aromatic carbocycles. The second-order valence-electron chi connectivity index (χ2n) is 5.45. The van der Waals surface area contributed by atoms with E-state index in [9.17, 15) is 14.3 Å². The first-order valence-electron chi connectivity index (χ1n) is 6.83. The van der Waals surface area contributed by atoms with Crippen LogP contribution in [-0.4, -0.2) is 23.5 Å². The first kappa shape index (κ1) is 17.1. The monoisotopic (exact) mass is 330 g/mol. The first-order valence-corrected chi connectivity index (χ1v) is 8.33. The van der Waals surface area contributed by atoms with Gasteiger partial charge in [-0.15, -0.1) is 0 Å². The molecule has 0 aliphatic carbocycles. The summed E-state index contributed by atoms with van der Waals surface area (Å²) in [5.74, 6) is -0.492. The minimum Gasteiger partial charge on any atom is -0.756 e. The lowest BCUT2D eigenvalue weighted by atomic mass is 9.93. The van der Waals surface area contributed by atoms with Crippen LogP contribution in [0.1, 0.15) is 30.4 Å². The van der Waals surface area contributed by atoms with Gasteiger partial charge in [0.2, 0.25) is 0 Å². The molecule has 122 valence electrons. The molecule has 1 aliphatic heterocycles. The van der Waals surface area contributed by atoms with E-state index in [2.05, 4.69) is 4.52 Å². The standard InChI is InChI=1S/C13H19N2O6P/c1-8-9(2)13(21-11(8)7-20-22(17,18)19)15-5-3-4-10(6-15)12(14)16/h3-6,8-9,11,13H,7H2,1-2H3,(H3-,14,16,17,18,19)/t8-,9+,11+,13+/m0/s1. The van der Waals surface area contributed by atoms with Gasteiger partial charge < -0.3 is 24.8 Å². The zero-order valence-electron chi connectivity index (χ0n) is 12.3. The van der Waals surface area contributed by atoms with E-state index < -0.39 is 19.8 Å². The van der Waals surface area contributed by atoms with E-state index in [-0.39, 0.29) is 24.7 Å². The molecule has 5 atom stereocenters. The number of phosphoric acid groups is 1. The number of aromatic nitrogens is 1. The summed E-state index contributed by atoms with van der Waals surface area (Å²) in [5, 5.41) is 0. The molecule has 9 heteroatoms. The summed E-state index contributed by atoms with van der Waals surface area (Å²) in [6.07, 6.45) is 2.46. The van der Waals surface area contributed by atoms with Gasteiger partial charge in [0.25, 0.3) is 20.0 Å². The molecule has 0 saturated carbocycles. The third-order valence-corrected chi connectivity index (χ3v) is 4.46. The number of nitrogens with two attached hydrogens (primary N) is 1. The number of phosphoric ester groups is 1. The maximum atomic E-state index is 11.2. The van der Waals surface area contributed by atoms with Crippen LogP contribution in [0.5, 0.6) is 0 Å². The maximum Gasteiger partial charge on any atom is 0.265 e. The second-order valence-corrected chi connectivity index (χ2v) is 6.65. The average Bonchev–Trinajstić information content (AvgIpc) is 2.72. The Morgan fingerprint density at radius 1 is 1.55 bits per heavy atom. The van der Waals surface area contributed by atoms with Gasteiger partial charge >= 0.3 is 0 Å². The Morgan fingerprint density at radius 3 is 2.82 bits per heavy atom. The molecule has 1 fully saturated rings. The number of carbonyl (C=O) groups is 1. The summed E-state index contributed by atoms with van der Waals surface area (Å²) >= 11 is 0. The lowest BCUT2D eigenvalue weighted by Crippen LogP contribution is -2.42. The van der Waals surface area contributed by atoms with Crippen LogP contribution in [0.15, 0.2) is 24.5 Å². The highest BCUT2D eigenvalue weighted by Gasteiger charge is 2.45. The van der Waals surface area contributed by atoms with E-state index >= 15 is 0 Å². The van der Waals surface area contributed by atoms with Crippen molar-refractivity contribution in [2.45, 2.75) is 26.2 Å². The quantitative estimate of drug-likeness (QED) is 0.565. The van der Waals surface area contributed by atoms with Gasteiger partial charge in [-0.1, -0.05) is 13.8 Å². The number of amides is 1. The molecule has 1 amide bonds. The topological polar surface area (TPSA) is 126 Å². The summed E-state index contributed by atoms with van der Waals surface area (Å²) in [5.41, 5.74) is 5.61. The third kappa shape index (κ3) is 3.91. The van der Waals surface area contributed by atoms with Crippen molar-refractivity contribution in [2.24, 2.45) is 17.6 Å². The minimum atomic E-state index is -4.78. The number of nitrogens with zero attached hydrogens (tertiary/aromatic N) is 1. The van der Waals surface area contributed by atoms with Gasteiger partial charge in [-0.05, 0) is 12.0 Å². The Hall–Kier alpha value is -1.31. The van der Waals surface area contributed by atoms with Crippen LogP contribution in [0.3, 0.4) is 0 Å². The molecule has 1 unspecified atom stereocenters. The van der Waals surface area contributed by atoms with Crippen LogP contribution >= 0.6 is 7.82 Å². The Balaban J connectivity index is 2.14. The molecule has 8 nitrogen and oxygen atoms in total. The summed E-state index contributed by atoms with van der Waals surface area (Å²) < 4.78 is 22.7. The zero-order chi connectivity index (χ0) is 16.5. The van der Waals surface area contributed by atoms with Gasteiger partial charge in [0.1, 0.15) is 5.56 Å². The number of carbonyl (C=O) groups excluding carboxylic acids is 1. The lowest BCUT2D eigenvalue weighted by Gasteiger charge is -2.20. The molecule has 1 aliphatic rings. The van der Waals surface area contributed by atoms with Gasteiger partial charge in [0.05, 0.1) is 18.6 Å². The smallest absolute Gasteiger partial charge is 0.265 e. The lowest BCUT2D eigenvalue weighted by molar-refractivity contribution is -0.765. The van der Waals surface area contributed by atoms with E-state index in [1.165, 1.54) is 0 Å². The highest BCUT2D eigenvalue weighted by atomic mass is 31.2. The molecule has 1 aromatic rings. The Labute approximate surface area is 128 Å². The fourth-order valence-electron chi connectivity index (χ4n) is 2.52. The molecule has 0 bridgehead atoms. The summed E-state index contributed by atoms with van der Waals surface area (Å²) in [6.45, 7) is 3.61. The first-order chi connectivity index (χ1) is 10.2. The van der Waals surface area contributed by atoms with Crippen molar-refractivity contribution >= 4 is 13.7 Å². The van der Waals surface area contributed by atoms with E-state index in [4.69, 9.17) is 15.4 Å². The molecule has 1 saturated heterocycles. The maximum absolute atomic E-state index is 11.2. The van der Waals surface area contributed by atoms with Crippen LogP contribution in [0.2, 0.25) is 0 Å². The van der Waals surface area contributed by atoms with E-state index in [0.717, 1.165) is 0 Å². The molecule has 1 aromatic heterocycles. The van der Waals surface area contributed by atoms with Crippen LogP contribution < -0.4 is 15.2 Å².